The van der Waals surface area contributed by atoms with Gasteiger partial charge in [-0.25, -0.2) is 4.39 Å². The van der Waals surface area contributed by atoms with Crippen molar-refractivity contribution in [2.45, 2.75) is 19.4 Å². The third kappa shape index (κ3) is 1.64. The average molecular weight is 247 g/mol. The van der Waals surface area contributed by atoms with Crippen molar-refractivity contribution in [1.82, 2.24) is 4.98 Å². The van der Waals surface area contributed by atoms with Gasteiger partial charge in [-0.3, -0.25) is 4.79 Å². The van der Waals surface area contributed by atoms with Gasteiger partial charge in [0.25, 0.3) is 0 Å². The number of benzene rings is 1. The number of Topliss-reactive ketones (excluding diaryl/α,β-unsaturated/α-hetero) is 1. The minimum atomic E-state index is -0.358. The molecule has 0 spiro atoms. The van der Waals surface area contributed by atoms with E-state index in [1.54, 1.807) is 18.3 Å². The van der Waals surface area contributed by atoms with Gasteiger partial charge in [0, 0.05) is 29.3 Å². The van der Waals surface area contributed by atoms with Crippen molar-refractivity contribution in [2.24, 2.45) is 5.92 Å². The standard InChI is InChI=1S/C14H14FNO2/c1-8-9(5-6-18-8)14(17)10-7-16-12-4-2-3-11(15)13(10)12/h2-4,7-9,16H,5-6H2,1H3. The number of halogens is 1. The second kappa shape index (κ2) is 4.21. The maximum atomic E-state index is 13.8. The fourth-order valence-electron chi connectivity index (χ4n) is 2.61. The van der Waals surface area contributed by atoms with Crippen LogP contribution in [0.5, 0.6) is 0 Å². The van der Waals surface area contributed by atoms with E-state index >= 15 is 0 Å². The fourth-order valence-corrected chi connectivity index (χ4v) is 2.61. The van der Waals surface area contributed by atoms with E-state index in [1.165, 1.54) is 6.07 Å². The first-order valence-electron chi connectivity index (χ1n) is 6.10. The molecule has 2 atom stereocenters. The Labute approximate surface area is 104 Å². The van der Waals surface area contributed by atoms with Crippen LogP contribution in [0.1, 0.15) is 23.7 Å². The van der Waals surface area contributed by atoms with Gasteiger partial charge in [0.1, 0.15) is 5.82 Å². The number of aromatic amines is 1. The molecule has 0 radical (unpaired) electrons. The molecule has 3 nitrogen and oxygen atoms in total. The van der Waals surface area contributed by atoms with E-state index in [1.807, 2.05) is 6.92 Å². The molecule has 3 rings (SSSR count). The number of fused-ring (bicyclic) bond motifs is 1. The maximum absolute atomic E-state index is 13.8. The average Bonchev–Trinajstić information content (AvgIpc) is 2.95. The molecule has 4 heteroatoms. The Morgan fingerprint density at radius 2 is 2.33 bits per heavy atom. The fraction of sp³-hybridized carbons (Fsp3) is 0.357. The zero-order chi connectivity index (χ0) is 12.7. The summed E-state index contributed by atoms with van der Waals surface area (Å²) in [5.41, 5.74) is 1.09. The van der Waals surface area contributed by atoms with E-state index in [0.29, 0.717) is 29.5 Å². The molecule has 18 heavy (non-hydrogen) atoms. The molecule has 2 aromatic rings. The molecule has 1 aliphatic rings. The molecule has 2 heterocycles. The van der Waals surface area contributed by atoms with Gasteiger partial charge < -0.3 is 9.72 Å². The van der Waals surface area contributed by atoms with Gasteiger partial charge >= 0.3 is 0 Å². The van der Waals surface area contributed by atoms with Crippen molar-refractivity contribution in [2.75, 3.05) is 6.61 Å². The number of carbonyl (C=O) groups is 1. The number of carbonyl (C=O) groups excluding carboxylic acids is 1. The summed E-state index contributed by atoms with van der Waals surface area (Å²) < 4.78 is 19.2. The molecule has 2 unspecified atom stereocenters. The van der Waals surface area contributed by atoms with Gasteiger partial charge in [0.2, 0.25) is 0 Å². The number of rotatable bonds is 2. The normalized spacial score (nSPS) is 23.7. The number of hydrogen-bond donors (Lipinski definition) is 1. The van der Waals surface area contributed by atoms with E-state index in [2.05, 4.69) is 4.98 Å². The highest BCUT2D eigenvalue weighted by molar-refractivity contribution is 6.09. The predicted molar refractivity (Wildman–Crippen MR) is 66.1 cm³/mol. The predicted octanol–water partition coefficient (Wildman–Crippen LogP) is 2.91. The Kier molecular flexibility index (Phi) is 2.67. The van der Waals surface area contributed by atoms with Crippen LogP contribution in [0.15, 0.2) is 24.4 Å². The van der Waals surface area contributed by atoms with Gasteiger partial charge in [-0.2, -0.15) is 0 Å². The second-order valence-corrected chi connectivity index (χ2v) is 4.70. The lowest BCUT2D eigenvalue weighted by Crippen LogP contribution is -2.21. The number of ketones is 1. The van der Waals surface area contributed by atoms with Crippen molar-refractivity contribution < 1.29 is 13.9 Å². The SMILES string of the molecule is CC1OCCC1C(=O)c1c[nH]c2cccc(F)c12. The van der Waals surface area contributed by atoms with Gasteiger partial charge in [0.05, 0.1) is 12.0 Å². The first-order chi connectivity index (χ1) is 8.68. The van der Waals surface area contributed by atoms with Crippen molar-refractivity contribution >= 4 is 16.7 Å². The van der Waals surface area contributed by atoms with E-state index in [9.17, 15) is 9.18 Å². The zero-order valence-corrected chi connectivity index (χ0v) is 10.1. The van der Waals surface area contributed by atoms with Crippen LogP contribution < -0.4 is 0 Å². The lowest BCUT2D eigenvalue weighted by Gasteiger charge is -2.12. The van der Waals surface area contributed by atoms with Crippen LogP contribution in [-0.4, -0.2) is 23.5 Å². The molecule has 1 aliphatic heterocycles. The monoisotopic (exact) mass is 247 g/mol. The molecule has 0 saturated carbocycles. The number of H-pyrrole nitrogens is 1. The molecule has 1 fully saturated rings. The summed E-state index contributed by atoms with van der Waals surface area (Å²) in [6, 6.07) is 4.77. The molecule has 0 aliphatic carbocycles. The van der Waals surface area contributed by atoms with Crippen molar-refractivity contribution in [3.8, 4) is 0 Å². The largest absolute Gasteiger partial charge is 0.378 e. The molecule has 94 valence electrons. The first-order valence-corrected chi connectivity index (χ1v) is 6.10. The summed E-state index contributed by atoms with van der Waals surface area (Å²) in [4.78, 5) is 15.4. The lowest BCUT2D eigenvalue weighted by atomic mass is 9.92. The molecule has 0 amide bonds. The first kappa shape index (κ1) is 11.4. The van der Waals surface area contributed by atoms with Crippen molar-refractivity contribution in [1.29, 1.82) is 0 Å². The number of ether oxygens (including phenoxy) is 1. The summed E-state index contributed by atoms with van der Waals surface area (Å²) >= 11 is 0. The highest BCUT2D eigenvalue weighted by Crippen LogP contribution is 2.29. The Bertz CT molecular complexity index is 605. The molecule has 1 saturated heterocycles. The second-order valence-electron chi connectivity index (χ2n) is 4.70. The van der Waals surface area contributed by atoms with Gasteiger partial charge in [0.15, 0.2) is 5.78 Å². The summed E-state index contributed by atoms with van der Waals surface area (Å²) in [6.45, 7) is 2.49. The van der Waals surface area contributed by atoms with E-state index < -0.39 is 0 Å². The molecule has 0 bridgehead atoms. The molecule has 1 N–H and O–H groups in total. The minimum absolute atomic E-state index is 0.0312. The van der Waals surface area contributed by atoms with E-state index in [4.69, 9.17) is 4.74 Å². The summed E-state index contributed by atoms with van der Waals surface area (Å²) in [7, 11) is 0. The lowest BCUT2D eigenvalue weighted by molar-refractivity contribution is 0.0765. The van der Waals surface area contributed by atoms with Crippen LogP contribution in [0.25, 0.3) is 10.9 Å². The van der Waals surface area contributed by atoms with E-state index in [0.717, 1.165) is 0 Å². The van der Waals surface area contributed by atoms with Crippen LogP contribution in [-0.2, 0) is 4.74 Å². The summed E-state index contributed by atoms with van der Waals surface area (Å²) in [5, 5.41) is 0.390. The quantitative estimate of drug-likeness (QED) is 0.829. The van der Waals surface area contributed by atoms with Crippen LogP contribution in [0.4, 0.5) is 4.39 Å². The third-order valence-electron chi connectivity index (χ3n) is 3.63. The summed E-state index contributed by atoms with van der Waals surface area (Å²) in [5.74, 6) is -0.552. The number of aromatic nitrogens is 1. The number of nitrogens with one attached hydrogen (secondary N) is 1. The summed E-state index contributed by atoms with van der Waals surface area (Å²) in [6.07, 6.45) is 2.22. The van der Waals surface area contributed by atoms with Crippen molar-refractivity contribution in [3.63, 3.8) is 0 Å². The van der Waals surface area contributed by atoms with Gasteiger partial charge in [-0.1, -0.05) is 6.07 Å². The molecular formula is C14H14FNO2. The zero-order valence-electron chi connectivity index (χ0n) is 10.1. The Morgan fingerprint density at radius 3 is 3.06 bits per heavy atom. The Balaban J connectivity index is 2.07. The van der Waals surface area contributed by atoms with Crippen LogP contribution in [0.3, 0.4) is 0 Å². The van der Waals surface area contributed by atoms with Crippen LogP contribution in [0.2, 0.25) is 0 Å². The van der Waals surface area contributed by atoms with E-state index in [-0.39, 0.29) is 23.6 Å². The molecular weight excluding hydrogens is 233 g/mol. The highest BCUT2D eigenvalue weighted by Gasteiger charge is 2.32. The molecule has 1 aromatic carbocycles. The van der Waals surface area contributed by atoms with Crippen LogP contribution in [0, 0.1) is 11.7 Å². The topological polar surface area (TPSA) is 42.1 Å². The highest BCUT2D eigenvalue weighted by atomic mass is 19.1. The minimum Gasteiger partial charge on any atom is -0.378 e. The third-order valence-corrected chi connectivity index (χ3v) is 3.63. The smallest absolute Gasteiger partial charge is 0.170 e. The Morgan fingerprint density at radius 1 is 1.50 bits per heavy atom. The van der Waals surface area contributed by atoms with Crippen molar-refractivity contribution in [3.05, 3.63) is 35.8 Å². The van der Waals surface area contributed by atoms with Gasteiger partial charge in [-0.15, -0.1) is 0 Å². The number of hydrogen-bond acceptors (Lipinski definition) is 2. The van der Waals surface area contributed by atoms with Gasteiger partial charge in [-0.05, 0) is 25.5 Å². The Hall–Kier alpha value is -1.68. The van der Waals surface area contributed by atoms with Crippen LogP contribution >= 0.6 is 0 Å². The molecule has 1 aromatic heterocycles. The maximum Gasteiger partial charge on any atom is 0.170 e.